The van der Waals surface area contributed by atoms with Crippen LogP contribution in [0.15, 0.2) is 53.1 Å². The molecule has 1 aliphatic heterocycles. The maximum atomic E-state index is 12.2. The average molecular weight is 329 g/mol. The Morgan fingerprint density at radius 1 is 1.08 bits per heavy atom. The molecule has 1 amide bonds. The summed E-state index contributed by atoms with van der Waals surface area (Å²) in [5, 5.41) is 0. The SMILES string of the molecule is O=C(c1ccco1)N1CCC(OCCOCc2ccccc2)CC1. The molecule has 1 fully saturated rings. The van der Waals surface area contributed by atoms with E-state index < -0.39 is 0 Å². The molecule has 1 aromatic carbocycles. The van der Waals surface area contributed by atoms with E-state index in [2.05, 4.69) is 0 Å². The molecule has 1 saturated heterocycles. The second-order valence-electron chi connectivity index (χ2n) is 5.88. The molecule has 0 atom stereocenters. The molecule has 2 aromatic rings. The van der Waals surface area contributed by atoms with Crippen molar-refractivity contribution in [2.24, 2.45) is 0 Å². The maximum Gasteiger partial charge on any atom is 0.289 e. The van der Waals surface area contributed by atoms with E-state index in [1.54, 1.807) is 12.1 Å². The monoisotopic (exact) mass is 329 g/mol. The number of furan rings is 1. The molecule has 128 valence electrons. The van der Waals surface area contributed by atoms with E-state index in [9.17, 15) is 4.79 Å². The molecule has 0 radical (unpaired) electrons. The Morgan fingerprint density at radius 2 is 1.88 bits per heavy atom. The molecule has 0 aliphatic carbocycles. The number of likely N-dealkylation sites (tertiary alicyclic amines) is 1. The third-order valence-electron chi connectivity index (χ3n) is 4.15. The lowest BCUT2D eigenvalue weighted by atomic mass is 10.1. The predicted molar refractivity (Wildman–Crippen MR) is 89.7 cm³/mol. The van der Waals surface area contributed by atoms with Crippen molar-refractivity contribution in [2.75, 3.05) is 26.3 Å². The zero-order valence-corrected chi connectivity index (χ0v) is 13.7. The van der Waals surface area contributed by atoms with Crippen molar-refractivity contribution in [2.45, 2.75) is 25.6 Å². The third-order valence-corrected chi connectivity index (χ3v) is 4.15. The number of hydrogen-bond acceptors (Lipinski definition) is 4. The highest BCUT2D eigenvalue weighted by Gasteiger charge is 2.25. The molecule has 0 bridgehead atoms. The molecule has 2 heterocycles. The minimum absolute atomic E-state index is 0.0374. The predicted octanol–water partition coefficient (Wildman–Crippen LogP) is 3.12. The summed E-state index contributed by atoms with van der Waals surface area (Å²) < 4.78 is 16.6. The van der Waals surface area contributed by atoms with Gasteiger partial charge in [0.1, 0.15) is 0 Å². The second-order valence-corrected chi connectivity index (χ2v) is 5.88. The number of rotatable bonds is 7. The van der Waals surface area contributed by atoms with Crippen LogP contribution in [0.25, 0.3) is 0 Å². The molecular formula is C19H23NO4. The van der Waals surface area contributed by atoms with Crippen LogP contribution < -0.4 is 0 Å². The second kappa shape index (κ2) is 8.66. The van der Waals surface area contributed by atoms with Gasteiger partial charge in [0.05, 0.1) is 32.2 Å². The lowest BCUT2D eigenvalue weighted by Crippen LogP contribution is -2.41. The summed E-state index contributed by atoms with van der Waals surface area (Å²) in [7, 11) is 0. The molecule has 3 rings (SSSR count). The molecule has 1 aliphatic rings. The van der Waals surface area contributed by atoms with Crippen LogP contribution in [-0.4, -0.2) is 43.2 Å². The quantitative estimate of drug-likeness (QED) is 0.733. The fraction of sp³-hybridized carbons (Fsp3) is 0.421. The van der Waals surface area contributed by atoms with E-state index in [1.165, 1.54) is 11.8 Å². The van der Waals surface area contributed by atoms with Gasteiger partial charge in [0, 0.05) is 13.1 Å². The highest BCUT2D eigenvalue weighted by Crippen LogP contribution is 2.16. The van der Waals surface area contributed by atoms with Gasteiger partial charge >= 0.3 is 0 Å². The summed E-state index contributed by atoms with van der Waals surface area (Å²) in [5.41, 5.74) is 1.17. The summed E-state index contributed by atoms with van der Waals surface area (Å²) in [6.07, 6.45) is 3.43. The van der Waals surface area contributed by atoms with Crippen LogP contribution in [0.5, 0.6) is 0 Å². The fourth-order valence-corrected chi connectivity index (χ4v) is 2.82. The van der Waals surface area contributed by atoms with Gasteiger partial charge in [0.2, 0.25) is 0 Å². The van der Waals surface area contributed by atoms with Gasteiger partial charge in [0.25, 0.3) is 5.91 Å². The van der Waals surface area contributed by atoms with Gasteiger partial charge in [0.15, 0.2) is 5.76 Å². The normalized spacial score (nSPS) is 15.6. The van der Waals surface area contributed by atoms with Crippen LogP contribution in [0.1, 0.15) is 29.0 Å². The number of ether oxygens (including phenoxy) is 2. The topological polar surface area (TPSA) is 51.9 Å². The number of nitrogens with zero attached hydrogens (tertiary/aromatic N) is 1. The first kappa shape index (κ1) is 16.7. The summed E-state index contributed by atoms with van der Waals surface area (Å²) in [6.45, 7) is 3.19. The van der Waals surface area contributed by atoms with Crippen molar-refractivity contribution < 1.29 is 18.7 Å². The van der Waals surface area contributed by atoms with Crippen LogP contribution in [0.3, 0.4) is 0 Å². The molecule has 5 heteroatoms. The fourth-order valence-electron chi connectivity index (χ4n) is 2.82. The summed E-state index contributed by atoms with van der Waals surface area (Å²) in [5.74, 6) is 0.369. The van der Waals surface area contributed by atoms with Crippen LogP contribution in [0.4, 0.5) is 0 Å². The van der Waals surface area contributed by atoms with Gasteiger partial charge in [-0.05, 0) is 30.5 Å². The Kier molecular flexibility index (Phi) is 6.04. The van der Waals surface area contributed by atoms with Crippen LogP contribution in [-0.2, 0) is 16.1 Å². The number of benzene rings is 1. The minimum Gasteiger partial charge on any atom is -0.459 e. The van der Waals surface area contributed by atoms with E-state index in [4.69, 9.17) is 13.9 Å². The molecule has 1 aromatic heterocycles. The largest absolute Gasteiger partial charge is 0.459 e. The van der Waals surface area contributed by atoms with Gasteiger partial charge in [-0.2, -0.15) is 0 Å². The maximum absolute atomic E-state index is 12.2. The van der Waals surface area contributed by atoms with Crippen LogP contribution in [0.2, 0.25) is 0 Å². The smallest absolute Gasteiger partial charge is 0.289 e. The van der Waals surface area contributed by atoms with Gasteiger partial charge in [-0.1, -0.05) is 30.3 Å². The lowest BCUT2D eigenvalue weighted by molar-refractivity contribution is -0.0232. The number of amides is 1. The van der Waals surface area contributed by atoms with Gasteiger partial charge in [-0.25, -0.2) is 0 Å². The minimum atomic E-state index is -0.0374. The van der Waals surface area contributed by atoms with E-state index in [1.807, 2.05) is 35.2 Å². The zero-order chi connectivity index (χ0) is 16.6. The number of hydrogen-bond donors (Lipinski definition) is 0. The highest BCUT2D eigenvalue weighted by molar-refractivity contribution is 5.91. The molecule has 0 spiro atoms. The first-order valence-corrected chi connectivity index (χ1v) is 8.39. The van der Waals surface area contributed by atoms with Crippen molar-refractivity contribution >= 4 is 5.91 Å². The summed E-state index contributed by atoms with van der Waals surface area (Å²) in [6, 6.07) is 13.5. The van der Waals surface area contributed by atoms with E-state index >= 15 is 0 Å². The lowest BCUT2D eigenvalue weighted by Gasteiger charge is -2.31. The first-order valence-electron chi connectivity index (χ1n) is 8.39. The van der Waals surface area contributed by atoms with Crippen molar-refractivity contribution in [3.8, 4) is 0 Å². The standard InChI is InChI=1S/C19H23NO4/c21-19(18-7-4-12-24-18)20-10-8-17(9-11-20)23-14-13-22-15-16-5-2-1-3-6-16/h1-7,12,17H,8-11,13-15H2. The van der Waals surface area contributed by atoms with Gasteiger partial charge in [-0.3, -0.25) is 4.79 Å². The van der Waals surface area contributed by atoms with E-state index in [0.29, 0.717) is 38.7 Å². The Bertz CT molecular complexity index is 604. The Labute approximate surface area is 142 Å². The van der Waals surface area contributed by atoms with Gasteiger partial charge in [-0.15, -0.1) is 0 Å². The number of piperidine rings is 1. The average Bonchev–Trinajstić information content (AvgIpc) is 3.17. The molecule has 0 saturated carbocycles. The van der Waals surface area contributed by atoms with Crippen LogP contribution >= 0.6 is 0 Å². The van der Waals surface area contributed by atoms with E-state index in [-0.39, 0.29) is 12.0 Å². The molecule has 0 unspecified atom stereocenters. The Balaban J connectivity index is 1.29. The van der Waals surface area contributed by atoms with Crippen molar-refractivity contribution in [1.82, 2.24) is 4.90 Å². The zero-order valence-electron chi connectivity index (χ0n) is 13.7. The number of carbonyl (C=O) groups is 1. The first-order chi connectivity index (χ1) is 11.8. The van der Waals surface area contributed by atoms with Crippen molar-refractivity contribution in [3.05, 3.63) is 60.1 Å². The Morgan fingerprint density at radius 3 is 2.58 bits per heavy atom. The highest BCUT2D eigenvalue weighted by atomic mass is 16.5. The molecule has 0 N–H and O–H groups in total. The third kappa shape index (κ3) is 4.69. The summed E-state index contributed by atoms with van der Waals surface area (Å²) >= 11 is 0. The van der Waals surface area contributed by atoms with Crippen LogP contribution in [0, 0.1) is 0 Å². The van der Waals surface area contributed by atoms with Crippen molar-refractivity contribution in [1.29, 1.82) is 0 Å². The molecule has 24 heavy (non-hydrogen) atoms. The molecular weight excluding hydrogens is 306 g/mol. The van der Waals surface area contributed by atoms with E-state index in [0.717, 1.165) is 12.8 Å². The Hall–Kier alpha value is -2.11. The molecule has 5 nitrogen and oxygen atoms in total. The van der Waals surface area contributed by atoms with Gasteiger partial charge < -0.3 is 18.8 Å². The number of carbonyl (C=O) groups excluding carboxylic acids is 1. The van der Waals surface area contributed by atoms with Crippen molar-refractivity contribution in [3.63, 3.8) is 0 Å². The summed E-state index contributed by atoms with van der Waals surface area (Å²) in [4.78, 5) is 14.0.